The van der Waals surface area contributed by atoms with Gasteiger partial charge >= 0.3 is 0 Å². The highest BCUT2D eigenvalue weighted by atomic mass is 32.1. The van der Waals surface area contributed by atoms with E-state index in [2.05, 4.69) is 30.1 Å². The summed E-state index contributed by atoms with van der Waals surface area (Å²) in [5, 5.41) is 0. The van der Waals surface area contributed by atoms with E-state index in [-0.39, 0.29) is 0 Å². The summed E-state index contributed by atoms with van der Waals surface area (Å²) in [5.74, 6) is 0.915. The van der Waals surface area contributed by atoms with Crippen molar-refractivity contribution in [3.05, 3.63) is 30.0 Å². The number of rotatable bonds is 2. The summed E-state index contributed by atoms with van der Waals surface area (Å²) >= 11 is 1.77. The van der Waals surface area contributed by atoms with E-state index in [1.165, 1.54) is 16.1 Å². The molecule has 14 heavy (non-hydrogen) atoms. The van der Waals surface area contributed by atoms with Crippen LogP contribution in [-0.2, 0) is 7.05 Å². The first-order chi connectivity index (χ1) is 6.72. The quantitative estimate of drug-likeness (QED) is 0.738. The van der Waals surface area contributed by atoms with Crippen LogP contribution in [0.25, 0.3) is 10.4 Å². The number of methoxy groups -OCH3 is 1. The predicted octanol–water partition coefficient (Wildman–Crippen LogP) is 3.07. The van der Waals surface area contributed by atoms with E-state index < -0.39 is 0 Å². The van der Waals surface area contributed by atoms with Gasteiger partial charge in [0, 0.05) is 12.7 Å². The molecule has 0 amide bonds. The first kappa shape index (κ1) is 9.34. The van der Waals surface area contributed by atoms with Gasteiger partial charge in [0.25, 0.3) is 0 Å². The van der Waals surface area contributed by atoms with E-state index in [9.17, 15) is 0 Å². The van der Waals surface area contributed by atoms with Gasteiger partial charge in [-0.25, -0.2) is 0 Å². The number of ether oxygens (including phenoxy) is 1. The highest BCUT2D eigenvalue weighted by Gasteiger charge is 2.10. The second-order valence-corrected chi connectivity index (χ2v) is 4.37. The van der Waals surface area contributed by atoms with Crippen LogP contribution in [0, 0.1) is 6.92 Å². The van der Waals surface area contributed by atoms with E-state index in [0.717, 1.165) is 5.75 Å². The highest BCUT2D eigenvalue weighted by Crippen LogP contribution is 2.33. The summed E-state index contributed by atoms with van der Waals surface area (Å²) in [5.41, 5.74) is 2.56. The van der Waals surface area contributed by atoms with Gasteiger partial charge in [-0.15, -0.1) is 0 Å². The minimum atomic E-state index is 0.915. The number of benzene rings is 1. The molecule has 0 aliphatic carbocycles. The summed E-state index contributed by atoms with van der Waals surface area (Å²) in [6.07, 6.45) is 0. The number of nitrogens with zero attached hydrogens (tertiary/aromatic N) is 1. The van der Waals surface area contributed by atoms with Gasteiger partial charge in [0.15, 0.2) is 0 Å². The van der Waals surface area contributed by atoms with Crippen molar-refractivity contribution >= 4 is 11.5 Å². The van der Waals surface area contributed by atoms with Crippen LogP contribution in [0.5, 0.6) is 5.75 Å². The third-order valence-corrected chi connectivity index (χ3v) is 3.62. The second kappa shape index (κ2) is 3.50. The van der Waals surface area contributed by atoms with Crippen molar-refractivity contribution < 1.29 is 4.74 Å². The van der Waals surface area contributed by atoms with Crippen LogP contribution in [0.4, 0.5) is 0 Å². The topological polar surface area (TPSA) is 14.2 Å². The van der Waals surface area contributed by atoms with Gasteiger partial charge in [-0.1, -0.05) is 23.7 Å². The molecule has 0 spiro atoms. The molecule has 3 heteroatoms. The molecule has 2 rings (SSSR count). The Hall–Kier alpha value is -1.22. The molecule has 0 unspecified atom stereocenters. The van der Waals surface area contributed by atoms with Crippen molar-refractivity contribution in [2.45, 2.75) is 6.92 Å². The lowest BCUT2D eigenvalue weighted by Gasteiger charge is -2.15. The molecular formula is C11H13NOS. The zero-order chi connectivity index (χ0) is 10.1. The fraction of sp³-hybridized carbons (Fsp3) is 0.273. The first-order valence-electron chi connectivity index (χ1n) is 4.49. The number of hydrogen-bond donors (Lipinski definition) is 0. The lowest BCUT2D eigenvalue weighted by Crippen LogP contribution is -2.00. The van der Waals surface area contributed by atoms with Crippen LogP contribution in [0.15, 0.2) is 24.3 Å². The molecule has 2 nitrogen and oxygen atoms in total. The van der Waals surface area contributed by atoms with Crippen LogP contribution in [0.3, 0.4) is 0 Å². The van der Waals surface area contributed by atoms with Gasteiger partial charge in [-0.3, -0.25) is 0 Å². The third kappa shape index (κ3) is 1.44. The maximum atomic E-state index is 5.19. The Labute approximate surface area is 87.9 Å². The average Bonchev–Trinajstić information content (AvgIpc) is 2.25. The van der Waals surface area contributed by atoms with E-state index >= 15 is 0 Å². The van der Waals surface area contributed by atoms with Crippen molar-refractivity contribution in [1.82, 2.24) is 3.96 Å². The molecule has 0 fully saturated rings. The molecule has 0 saturated heterocycles. The number of aromatic nitrogens is 1. The van der Waals surface area contributed by atoms with Crippen molar-refractivity contribution in [2.75, 3.05) is 7.11 Å². The Morgan fingerprint density at radius 1 is 1.36 bits per heavy atom. The normalized spacial score (nSPS) is 10.5. The Morgan fingerprint density at radius 2 is 2.14 bits per heavy atom. The van der Waals surface area contributed by atoms with Gasteiger partial charge in [0.2, 0.25) is 0 Å². The maximum Gasteiger partial charge on any atom is 0.119 e. The Bertz CT molecular complexity index is 442. The van der Waals surface area contributed by atoms with E-state index in [0.29, 0.717) is 0 Å². The summed E-state index contributed by atoms with van der Waals surface area (Å²) in [4.78, 5) is 1.34. The molecule has 0 radical (unpaired) electrons. The smallest absolute Gasteiger partial charge is 0.119 e. The van der Waals surface area contributed by atoms with E-state index in [4.69, 9.17) is 4.74 Å². The van der Waals surface area contributed by atoms with Gasteiger partial charge < -0.3 is 8.69 Å². The monoisotopic (exact) mass is 207 g/mol. The van der Waals surface area contributed by atoms with Crippen molar-refractivity contribution in [3.8, 4) is 16.2 Å². The van der Waals surface area contributed by atoms with Gasteiger partial charge in [0.05, 0.1) is 12.0 Å². The maximum absolute atomic E-state index is 5.19. The SMILES string of the molecule is COc1cccc(-c2sn(C)c2C)c1. The highest BCUT2D eigenvalue weighted by molar-refractivity contribution is 7.11. The molecule has 0 atom stereocenters. The minimum absolute atomic E-state index is 0.915. The third-order valence-electron chi connectivity index (χ3n) is 2.36. The van der Waals surface area contributed by atoms with Crippen LogP contribution < -0.4 is 4.74 Å². The summed E-state index contributed by atoms with van der Waals surface area (Å²) in [6.45, 7) is 2.13. The fourth-order valence-electron chi connectivity index (χ4n) is 1.40. The molecule has 0 aliphatic rings. The van der Waals surface area contributed by atoms with E-state index in [1.54, 1.807) is 18.6 Å². The molecule has 0 saturated carbocycles. The number of aryl methyl sites for hydroxylation is 1. The largest absolute Gasteiger partial charge is 0.497 e. The molecule has 1 aromatic carbocycles. The Morgan fingerprint density at radius 3 is 2.71 bits per heavy atom. The van der Waals surface area contributed by atoms with E-state index in [1.807, 2.05) is 12.1 Å². The molecule has 0 N–H and O–H groups in total. The summed E-state index contributed by atoms with van der Waals surface area (Å²) in [7, 11) is 3.77. The van der Waals surface area contributed by atoms with Gasteiger partial charge in [-0.05, 0) is 24.6 Å². The van der Waals surface area contributed by atoms with Crippen LogP contribution >= 0.6 is 11.5 Å². The molecule has 1 heterocycles. The average molecular weight is 207 g/mol. The van der Waals surface area contributed by atoms with Gasteiger partial charge in [0.1, 0.15) is 5.75 Å². The standard InChI is InChI=1S/C11H13NOS/c1-8-11(14-12(8)2)9-5-4-6-10(7-9)13-3/h4-7H,1-3H3. The molecular weight excluding hydrogens is 194 g/mol. The van der Waals surface area contributed by atoms with Crippen molar-refractivity contribution in [2.24, 2.45) is 7.05 Å². The van der Waals surface area contributed by atoms with Crippen molar-refractivity contribution in [1.29, 1.82) is 0 Å². The lowest BCUT2D eigenvalue weighted by molar-refractivity contribution is 0.415. The van der Waals surface area contributed by atoms with Crippen LogP contribution in [0.2, 0.25) is 0 Å². The zero-order valence-electron chi connectivity index (χ0n) is 8.57. The zero-order valence-corrected chi connectivity index (χ0v) is 9.39. The van der Waals surface area contributed by atoms with Crippen LogP contribution in [-0.4, -0.2) is 11.1 Å². The summed E-state index contributed by atoms with van der Waals surface area (Å²) < 4.78 is 7.35. The molecule has 0 bridgehead atoms. The molecule has 1 aromatic heterocycles. The first-order valence-corrected chi connectivity index (χ1v) is 5.26. The Kier molecular flexibility index (Phi) is 2.33. The minimum Gasteiger partial charge on any atom is -0.497 e. The molecule has 74 valence electrons. The van der Waals surface area contributed by atoms with Crippen LogP contribution in [0.1, 0.15) is 5.69 Å². The Balaban J connectivity index is 2.39. The second-order valence-electron chi connectivity index (χ2n) is 3.24. The molecule has 2 aromatic rings. The molecule has 0 aliphatic heterocycles. The number of hydrogen-bond acceptors (Lipinski definition) is 2. The fourth-order valence-corrected chi connectivity index (χ4v) is 2.27. The van der Waals surface area contributed by atoms with Gasteiger partial charge in [-0.2, -0.15) is 0 Å². The predicted molar refractivity (Wildman–Crippen MR) is 60.0 cm³/mol. The summed E-state index contributed by atoms with van der Waals surface area (Å²) in [6, 6.07) is 8.17. The van der Waals surface area contributed by atoms with Crippen molar-refractivity contribution in [3.63, 3.8) is 0 Å². The lowest BCUT2D eigenvalue weighted by atomic mass is 10.1.